The first-order valence-electron chi connectivity index (χ1n) is 6.36. The molecule has 8 heteroatoms. The summed E-state index contributed by atoms with van der Waals surface area (Å²) in [5.74, 6) is -0.988. The molecule has 0 aliphatic heterocycles. The van der Waals surface area contributed by atoms with E-state index < -0.39 is 23.9 Å². The summed E-state index contributed by atoms with van der Waals surface area (Å²) < 4.78 is 0. The minimum atomic E-state index is -1.18. The van der Waals surface area contributed by atoms with Crippen LogP contribution in [0.4, 0.5) is 4.79 Å². The van der Waals surface area contributed by atoms with Gasteiger partial charge in [0.2, 0.25) is 5.91 Å². The molecule has 3 amide bonds. The van der Waals surface area contributed by atoms with Gasteiger partial charge in [0.05, 0.1) is 0 Å². The van der Waals surface area contributed by atoms with Crippen LogP contribution >= 0.6 is 11.8 Å². The number of rotatable bonds is 9. The van der Waals surface area contributed by atoms with Crippen molar-refractivity contribution in [3.8, 4) is 0 Å². The number of carboxylic acids is 1. The molecule has 0 aromatic carbocycles. The second-order valence-corrected chi connectivity index (χ2v) is 5.38. The Bertz CT molecular complexity index is 352. The van der Waals surface area contributed by atoms with Crippen molar-refractivity contribution in [3.63, 3.8) is 0 Å². The van der Waals surface area contributed by atoms with Crippen LogP contribution in [0.1, 0.15) is 26.2 Å². The summed E-state index contributed by atoms with van der Waals surface area (Å²) in [7, 11) is 1.63. The lowest BCUT2D eigenvalue weighted by Crippen LogP contribution is -2.50. The Morgan fingerprint density at radius 3 is 2.40 bits per heavy atom. The monoisotopic (exact) mass is 305 g/mol. The van der Waals surface area contributed by atoms with Gasteiger partial charge in [-0.05, 0) is 19.1 Å². The molecular weight excluding hydrogens is 282 g/mol. The predicted octanol–water partition coefficient (Wildman–Crippen LogP) is 0.488. The van der Waals surface area contributed by atoms with Crippen LogP contribution in [-0.4, -0.2) is 59.1 Å². The third-order valence-corrected chi connectivity index (χ3v) is 3.69. The Labute approximate surface area is 123 Å². The van der Waals surface area contributed by atoms with Gasteiger partial charge in [-0.1, -0.05) is 6.92 Å². The number of aliphatic carboxylic acids is 1. The fourth-order valence-electron chi connectivity index (χ4n) is 1.66. The molecule has 2 unspecified atom stereocenters. The third-order valence-electron chi connectivity index (χ3n) is 2.97. The molecule has 0 fully saturated rings. The summed E-state index contributed by atoms with van der Waals surface area (Å²) in [5.41, 5.74) is 4.98. The van der Waals surface area contributed by atoms with Gasteiger partial charge in [-0.2, -0.15) is 11.8 Å². The van der Waals surface area contributed by atoms with Gasteiger partial charge in [0.25, 0.3) is 0 Å². The maximum atomic E-state index is 12.0. The van der Waals surface area contributed by atoms with Crippen molar-refractivity contribution in [2.75, 3.05) is 19.1 Å². The molecule has 0 aromatic heterocycles. The van der Waals surface area contributed by atoms with E-state index in [1.54, 1.807) is 18.8 Å². The molecule has 0 heterocycles. The molecule has 0 saturated carbocycles. The Morgan fingerprint density at radius 2 is 2.00 bits per heavy atom. The van der Waals surface area contributed by atoms with Crippen LogP contribution < -0.4 is 11.1 Å². The van der Waals surface area contributed by atoms with Crippen molar-refractivity contribution >= 4 is 29.7 Å². The maximum Gasteiger partial charge on any atom is 0.326 e. The van der Waals surface area contributed by atoms with Gasteiger partial charge >= 0.3 is 12.0 Å². The van der Waals surface area contributed by atoms with Crippen molar-refractivity contribution in [1.82, 2.24) is 10.2 Å². The zero-order valence-electron chi connectivity index (χ0n) is 12.1. The molecule has 116 valence electrons. The molecule has 0 rings (SSSR count). The van der Waals surface area contributed by atoms with Crippen molar-refractivity contribution in [1.29, 1.82) is 0 Å². The number of thioether (sulfide) groups is 1. The van der Waals surface area contributed by atoms with Gasteiger partial charge in [-0.15, -0.1) is 0 Å². The maximum absolute atomic E-state index is 12.0. The van der Waals surface area contributed by atoms with Crippen LogP contribution in [0.25, 0.3) is 0 Å². The number of amides is 3. The first-order valence-corrected chi connectivity index (χ1v) is 7.76. The number of hydrogen-bond acceptors (Lipinski definition) is 4. The van der Waals surface area contributed by atoms with Crippen molar-refractivity contribution in [3.05, 3.63) is 0 Å². The molecule has 0 saturated heterocycles. The molecule has 0 bridgehead atoms. The largest absolute Gasteiger partial charge is 0.480 e. The number of hydrogen-bond donors (Lipinski definition) is 3. The number of carbonyl (C=O) groups is 3. The summed E-state index contributed by atoms with van der Waals surface area (Å²) in [6.45, 7) is 1.96. The zero-order chi connectivity index (χ0) is 15.7. The quantitative estimate of drug-likeness (QED) is 0.574. The fourth-order valence-corrected chi connectivity index (χ4v) is 2.50. The Morgan fingerprint density at radius 1 is 1.40 bits per heavy atom. The van der Waals surface area contributed by atoms with Crippen LogP contribution in [-0.2, 0) is 9.59 Å². The van der Waals surface area contributed by atoms with E-state index in [0.29, 0.717) is 0 Å². The van der Waals surface area contributed by atoms with Crippen LogP contribution in [0.3, 0.4) is 0 Å². The molecular formula is C12H23N3O4S. The van der Waals surface area contributed by atoms with E-state index in [4.69, 9.17) is 10.8 Å². The lowest BCUT2D eigenvalue weighted by molar-refractivity contribution is -0.139. The van der Waals surface area contributed by atoms with Gasteiger partial charge in [0, 0.05) is 25.3 Å². The lowest BCUT2D eigenvalue weighted by atomic mass is 10.1. The van der Waals surface area contributed by atoms with Gasteiger partial charge in [0.1, 0.15) is 6.04 Å². The number of nitrogens with zero attached hydrogens (tertiary/aromatic N) is 1. The van der Waals surface area contributed by atoms with Crippen LogP contribution in [0.15, 0.2) is 0 Å². The first-order chi connectivity index (χ1) is 9.33. The number of carbonyl (C=O) groups excluding carboxylic acids is 2. The minimum absolute atomic E-state index is 0.0104. The van der Waals surface area contributed by atoms with E-state index >= 15 is 0 Å². The SMILES string of the molecule is CCC(CSC)N(C)C(=O)NC(CCC(N)=O)C(=O)O. The first kappa shape index (κ1) is 18.6. The number of carboxylic acid groups (broad SMARTS) is 1. The molecule has 7 nitrogen and oxygen atoms in total. The molecule has 2 atom stereocenters. The fraction of sp³-hybridized carbons (Fsp3) is 0.750. The molecule has 0 aliphatic carbocycles. The number of nitrogens with two attached hydrogens (primary N) is 1. The van der Waals surface area contributed by atoms with Gasteiger partial charge in [-0.3, -0.25) is 4.79 Å². The highest BCUT2D eigenvalue weighted by Crippen LogP contribution is 2.09. The molecule has 0 radical (unpaired) electrons. The highest BCUT2D eigenvalue weighted by molar-refractivity contribution is 7.98. The molecule has 20 heavy (non-hydrogen) atoms. The van der Waals surface area contributed by atoms with Crippen molar-refractivity contribution in [2.45, 2.75) is 38.3 Å². The zero-order valence-corrected chi connectivity index (χ0v) is 12.9. The van der Waals surface area contributed by atoms with E-state index in [9.17, 15) is 14.4 Å². The van der Waals surface area contributed by atoms with E-state index in [-0.39, 0.29) is 18.9 Å². The van der Waals surface area contributed by atoms with Gasteiger partial charge in [-0.25, -0.2) is 9.59 Å². The highest BCUT2D eigenvalue weighted by Gasteiger charge is 2.24. The lowest BCUT2D eigenvalue weighted by Gasteiger charge is -2.28. The Balaban J connectivity index is 4.57. The Kier molecular flexibility index (Phi) is 8.78. The summed E-state index contributed by atoms with van der Waals surface area (Å²) >= 11 is 1.62. The normalized spacial score (nSPS) is 13.3. The van der Waals surface area contributed by atoms with Crippen LogP contribution in [0.2, 0.25) is 0 Å². The summed E-state index contributed by atoms with van der Waals surface area (Å²) in [6.07, 6.45) is 2.64. The van der Waals surface area contributed by atoms with E-state index in [0.717, 1.165) is 12.2 Å². The van der Waals surface area contributed by atoms with E-state index in [2.05, 4.69) is 5.32 Å². The second kappa shape index (κ2) is 9.46. The topological polar surface area (TPSA) is 113 Å². The number of urea groups is 1. The minimum Gasteiger partial charge on any atom is -0.480 e. The second-order valence-electron chi connectivity index (χ2n) is 4.47. The van der Waals surface area contributed by atoms with Crippen molar-refractivity contribution < 1.29 is 19.5 Å². The smallest absolute Gasteiger partial charge is 0.326 e. The van der Waals surface area contributed by atoms with Gasteiger partial charge in [0.15, 0.2) is 0 Å². The number of primary amides is 1. The average Bonchev–Trinajstić information content (AvgIpc) is 2.39. The average molecular weight is 305 g/mol. The number of nitrogens with one attached hydrogen (secondary N) is 1. The summed E-state index contributed by atoms with van der Waals surface area (Å²) in [4.78, 5) is 35.2. The van der Waals surface area contributed by atoms with Crippen LogP contribution in [0, 0.1) is 0 Å². The standard InChI is InChI=1S/C12H23N3O4S/c1-4-8(7-20-3)15(2)12(19)14-9(11(17)18)5-6-10(13)16/h8-9H,4-7H2,1-3H3,(H2,13,16)(H,14,19)(H,17,18). The Hall–Kier alpha value is -1.44. The summed E-state index contributed by atoms with van der Waals surface area (Å²) in [5, 5.41) is 11.4. The molecule has 0 aliphatic rings. The molecule has 0 spiro atoms. The third kappa shape index (κ3) is 6.65. The van der Waals surface area contributed by atoms with Crippen molar-refractivity contribution in [2.24, 2.45) is 5.73 Å². The molecule has 0 aromatic rings. The summed E-state index contributed by atoms with van der Waals surface area (Å²) in [6, 6.07) is -1.53. The highest BCUT2D eigenvalue weighted by atomic mass is 32.2. The van der Waals surface area contributed by atoms with Crippen LogP contribution in [0.5, 0.6) is 0 Å². The van der Waals surface area contributed by atoms with E-state index in [1.807, 2.05) is 13.2 Å². The van der Waals surface area contributed by atoms with Gasteiger partial charge < -0.3 is 21.1 Å². The van der Waals surface area contributed by atoms with E-state index in [1.165, 1.54) is 4.90 Å². The molecule has 4 N–H and O–H groups in total. The predicted molar refractivity (Wildman–Crippen MR) is 78.6 cm³/mol.